The summed E-state index contributed by atoms with van der Waals surface area (Å²) in [5.74, 6) is 0.610. The second-order valence-corrected chi connectivity index (χ2v) is 8.58. The van der Waals surface area contributed by atoms with Crippen LogP contribution in [0.5, 0.6) is 5.75 Å². The molecule has 0 aromatic heterocycles. The van der Waals surface area contributed by atoms with Gasteiger partial charge in [0, 0.05) is 17.7 Å². The maximum Gasteiger partial charge on any atom is 0.210 e. The summed E-state index contributed by atoms with van der Waals surface area (Å²) < 4.78 is 7.06. The molecule has 0 fully saturated rings. The first-order valence-electron chi connectivity index (χ1n) is 11.6. The van der Waals surface area contributed by atoms with Crippen molar-refractivity contribution in [1.82, 2.24) is 0 Å². The Morgan fingerprint density at radius 2 is 1.29 bits per heavy atom. The zero-order valence-electron chi connectivity index (χ0n) is 19.8. The van der Waals surface area contributed by atoms with Gasteiger partial charge in [0.05, 0.1) is 12.8 Å². The maximum absolute atomic E-state index is 14.3. The van der Waals surface area contributed by atoms with Crippen molar-refractivity contribution >= 4 is 23.2 Å². The monoisotopic (exact) mass is 458 g/mol. The molecule has 4 aromatic carbocycles. The minimum Gasteiger partial charge on any atom is -0.822 e. The molecule has 1 heterocycles. The number of rotatable bonds is 7. The van der Waals surface area contributed by atoms with Crippen LogP contribution in [0.15, 0.2) is 126 Å². The fourth-order valence-electron chi connectivity index (χ4n) is 4.24. The molecular formula is C31H26N2O2. The number of methoxy groups -OCH3 is 1. The lowest BCUT2D eigenvalue weighted by molar-refractivity contribution is -0.545. The first-order valence-corrected chi connectivity index (χ1v) is 11.6. The third-order valence-corrected chi connectivity index (χ3v) is 6.11. The molecule has 1 aliphatic rings. The molecule has 0 saturated heterocycles. The number of hydrogen-bond acceptors (Lipinski definition) is 3. The lowest BCUT2D eigenvalue weighted by Crippen LogP contribution is -2.28. The van der Waals surface area contributed by atoms with Gasteiger partial charge in [-0.1, -0.05) is 91.0 Å². The first kappa shape index (κ1) is 22.4. The van der Waals surface area contributed by atoms with Gasteiger partial charge in [-0.3, -0.25) is 4.99 Å². The average Bonchev–Trinajstić information content (AvgIpc) is 3.60. The Balaban J connectivity index is 1.68. The zero-order valence-corrected chi connectivity index (χ0v) is 19.8. The minimum atomic E-state index is -0.574. The molecule has 0 bridgehead atoms. The molecule has 0 saturated carbocycles. The highest BCUT2D eigenvalue weighted by atomic mass is 16.5. The summed E-state index contributed by atoms with van der Waals surface area (Å²) in [5, 5.41) is 14.3. The van der Waals surface area contributed by atoms with Crippen molar-refractivity contribution in [3.05, 3.63) is 138 Å². The average molecular weight is 459 g/mol. The van der Waals surface area contributed by atoms with E-state index in [4.69, 9.17) is 9.73 Å². The van der Waals surface area contributed by atoms with Crippen LogP contribution in [-0.4, -0.2) is 29.2 Å². The van der Waals surface area contributed by atoms with E-state index in [2.05, 4.69) is 0 Å². The van der Waals surface area contributed by atoms with Crippen LogP contribution in [-0.2, 0) is 0 Å². The summed E-state index contributed by atoms with van der Waals surface area (Å²) in [6.07, 6.45) is 1.92. The maximum atomic E-state index is 14.3. The minimum absolute atomic E-state index is 0.122. The van der Waals surface area contributed by atoms with Gasteiger partial charge in [0.25, 0.3) is 0 Å². The third kappa shape index (κ3) is 4.64. The van der Waals surface area contributed by atoms with Crippen LogP contribution in [0.1, 0.15) is 23.6 Å². The molecule has 35 heavy (non-hydrogen) atoms. The summed E-state index contributed by atoms with van der Waals surface area (Å²) in [4.78, 5) is 4.78. The van der Waals surface area contributed by atoms with Crippen LogP contribution in [0.4, 0.5) is 5.69 Å². The lowest BCUT2D eigenvalue weighted by atomic mass is 9.97. The normalized spacial score (nSPS) is 16.9. The van der Waals surface area contributed by atoms with Crippen LogP contribution < -0.4 is 9.84 Å². The van der Waals surface area contributed by atoms with Gasteiger partial charge < -0.3 is 9.84 Å². The fraction of sp³-hybridized carbons (Fsp3) is 0.0968. The van der Waals surface area contributed by atoms with E-state index in [1.54, 1.807) is 11.7 Å². The van der Waals surface area contributed by atoms with E-state index < -0.39 is 5.54 Å². The summed E-state index contributed by atoms with van der Waals surface area (Å²) >= 11 is 0. The molecule has 1 atom stereocenters. The van der Waals surface area contributed by atoms with Crippen molar-refractivity contribution in [2.75, 3.05) is 7.11 Å². The Kier molecular flexibility index (Phi) is 6.02. The van der Waals surface area contributed by atoms with Gasteiger partial charge >= 0.3 is 0 Å². The molecular weight excluding hydrogens is 432 g/mol. The highest BCUT2D eigenvalue weighted by molar-refractivity contribution is 6.25. The molecule has 5 rings (SSSR count). The summed E-state index contributed by atoms with van der Waals surface area (Å²) in [5.41, 5.74) is 4.55. The van der Waals surface area contributed by atoms with Crippen LogP contribution in [0.25, 0.3) is 5.57 Å². The molecule has 4 heteroatoms. The zero-order chi connectivity index (χ0) is 24.3. The number of ether oxygens (including phenoxy) is 1. The molecule has 1 unspecified atom stereocenters. The standard InChI is InChI=1S/C31H26N2O2/c1-31(29(32-31)25-16-10-5-11-17-25)22-33(26-18-20-27(35-2)21-19-26)30(34)28(23-12-6-3-7-13-23)24-14-8-4-9-15-24/h3-22H,1-2H3/b33-22+. The topological polar surface area (TPSA) is 47.7 Å². The van der Waals surface area contributed by atoms with Gasteiger partial charge in [0.15, 0.2) is 17.6 Å². The van der Waals surface area contributed by atoms with Gasteiger partial charge in [-0.2, -0.15) is 4.58 Å². The Morgan fingerprint density at radius 3 is 1.80 bits per heavy atom. The van der Waals surface area contributed by atoms with E-state index >= 15 is 0 Å². The van der Waals surface area contributed by atoms with Crippen LogP contribution in [0, 0.1) is 0 Å². The first-order chi connectivity index (χ1) is 17.1. The van der Waals surface area contributed by atoms with E-state index in [0.29, 0.717) is 5.57 Å². The van der Waals surface area contributed by atoms with Crippen molar-refractivity contribution in [2.24, 2.45) is 4.99 Å². The number of aliphatic imine (C=N–C) groups is 1. The number of nitrogens with zero attached hydrogens (tertiary/aromatic N) is 2. The van der Waals surface area contributed by atoms with Gasteiger partial charge in [-0.25, -0.2) is 0 Å². The van der Waals surface area contributed by atoms with E-state index in [1.165, 1.54) is 0 Å². The second kappa shape index (κ2) is 9.43. The molecule has 0 aliphatic carbocycles. The van der Waals surface area contributed by atoms with E-state index in [-0.39, 0.29) is 5.88 Å². The highest BCUT2D eigenvalue weighted by Gasteiger charge is 2.46. The number of benzene rings is 4. The van der Waals surface area contributed by atoms with Gasteiger partial charge in [0.2, 0.25) is 5.69 Å². The number of hydrogen-bond donors (Lipinski definition) is 0. The molecule has 0 spiro atoms. The quantitative estimate of drug-likeness (QED) is 0.210. The van der Waals surface area contributed by atoms with Gasteiger partial charge in [0.1, 0.15) is 5.75 Å². The molecule has 4 nitrogen and oxygen atoms in total. The van der Waals surface area contributed by atoms with E-state index in [1.807, 2.05) is 128 Å². The lowest BCUT2D eigenvalue weighted by Gasteiger charge is -2.18. The molecule has 0 radical (unpaired) electrons. The molecule has 4 aromatic rings. The van der Waals surface area contributed by atoms with Crippen molar-refractivity contribution in [1.29, 1.82) is 0 Å². The smallest absolute Gasteiger partial charge is 0.210 e. The van der Waals surface area contributed by atoms with Crippen molar-refractivity contribution in [3.63, 3.8) is 0 Å². The Hall–Kier alpha value is -4.44. The fourth-order valence-corrected chi connectivity index (χ4v) is 4.24. The van der Waals surface area contributed by atoms with Crippen molar-refractivity contribution in [2.45, 2.75) is 12.5 Å². The van der Waals surface area contributed by atoms with Crippen molar-refractivity contribution in [3.8, 4) is 5.75 Å². The molecule has 0 N–H and O–H groups in total. The van der Waals surface area contributed by atoms with E-state index in [9.17, 15) is 5.11 Å². The predicted octanol–water partition coefficient (Wildman–Crippen LogP) is 5.45. The van der Waals surface area contributed by atoms with Crippen LogP contribution in [0.3, 0.4) is 0 Å². The molecule has 172 valence electrons. The SMILES string of the molecule is COc1ccc(/[N+](=C\C2(C)N=C2c2ccccc2)C([O-])=C(c2ccccc2)c2ccccc2)cc1. The summed E-state index contributed by atoms with van der Waals surface area (Å²) in [7, 11) is 1.63. The van der Waals surface area contributed by atoms with Crippen LogP contribution >= 0.6 is 0 Å². The summed E-state index contributed by atoms with van der Waals surface area (Å²) in [6.45, 7) is 2.03. The Morgan fingerprint density at radius 1 is 0.771 bits per heavy atom. The largest absolute Gasteiger partial charge is 0.822 e. The predicted molar refractivity (Wildman–Crippen MR) is 139 cm³/mol. The summed E-state index contributed by atoms with van der Waals surface area (Å²) in [6, 6.07) is 37.2. The van der Waals surface area contributed by atoms with Crippen LogP contribution in [0.2, 0.25) is 0 Å². The third-order valence-electron chi connectivity index (χ3n) is 6.11. The Bertz CT molecular complexity index is 1370. The molecule has 1 aliphatic heterocycles. The van der Waals surface area contributed by atoms with Crippen molar-refractivity contribution < 1.29 is 14.4 Å². The second-order valence-electron chi connectivity index (χ2n) is 8.58. The Labute approximate surface area is 205 Å². The molecule has 0 amide bonds. The van der Waals surface area contributed by atoms with E-state index in [0.717, 1.165) is 33.8 Å². The van der Waals surface area contributed by atoms with Gasteiger partial charge in [-0.15, -0.1) is 0 Å². The van der Waals surface area contributed by atoms with Gasteiger partial charge in [-0.05, 0) is 35.7 Å². The highest BCUT2D eigenvalue weighted by Crippen LogP contribution is 2.34.